The topological polar surface area (TPSA) is 141 Å². The third-order valence-corrected chi connectivity index (χ3v) is 33.8. The maximum absolute atomic E-state index is 13.1. The summed E-state index contributed by atoms with van der Waals surface area (Å²) in [6.07, 6.45) is 5.25. The van der Waals surface area contributed by atoms with Crippen LogP contribution in [0.2, 0.25) is 14.8 Å². The largest absolute Gasteiger partial charge is 0.335 e. The molecule has 13 rings (SSSR count). The first kappa shape index (κ1) is 58.0. The maximum Gasteiger partial charge on any atom is 0.335 e. The normalized spacial score (nSPS) is 11.6. The van der Waals surface area contributed by atoms with E-state index in [-0.39, 0.29) is 19.8 Å². The van der Waals surface area contributed by atoms with Crippen LogP contribution < -0.4 is 2.89 Å². The minimum atomic E-state index is -3.67. The van der Waals surface area contributed by atoms with Crippen LogP contribution in [0.1, 0.15) is 4.88 Å². The molecule has 0 saturated carbocycles. The quantitative estimate of drug-likeness (QED) is 0.122. The van der Waals surface area contributed by atoms with Crippen LogP contribution in [-0.4, -0.2) is 58.6 Å². The molecule has 0 radical (unpaired) electrons. The van der Waals surface area contributed by atoms with E-state index in [1.54, 1.807) is 133 Å². The first-order chi connectivity index (χ1) is 38.5. The van der Waals surface area contributed by atoms with Crippen molar-refractivity contribution in [3.8, 4) is 50.3 Å². The van der Waals surface area contributed by atoms with Crippen LogP contribution in [0.25, 0.3) is 80.5 Å². The molecule has 21 heteroatoms. The third-order valence-electron chi connectivity index (χ3n) is 12.1. The number of hydrogen-bond acceptors (Lipinski definition) is 16. The average molecular weight is 1410 g/mol. The molecule has 0 saturated heterocycles. The molecule has 0 aliphatic carbocycles. The maximum atomic E-state index is 13.1. The molecule has 80 heavy (non-hydrogen) atoms. The molecule has 0 atom stereocenters. The average Bonchev–Trinajstić information content (AvgIpc) is 4.35. The minimum Gasteiger partial charge on any atom is -0.255 e. The van der Waals surface area contributed by atoms with E-state index in [2.05, 4.69) is 127 Å². The van der Waals surface area contributed by atoms with Gasteiger partial charge in [0.2, 0.25) is 19.7 Å². The Morgan fingerprint density at radius 3 is 1.30 bits per heavy atom. The Labute approximate surface area is 507 Å². The predicted octanol–water partition coefficient (Wildman–Crippen LogP) is 18.1. The Kier molecular flexibility index (Phi) is 18.2. The van der Waals surface area contributed by atoms with E-state index < -0.39 is 49.6 Å². The van der Waals surface area contributed by atoms with Gasteiger partial charge in [-0.15, -0.1) is 56.7 Å². The Balaban J connectivity index is 0.000000159. The van der Waals surface area contributed by atoms with Gasteiger partial charge in [-0.3, -0.25) is 4.98 Å². The number of rotatable bonds is 10. The molecule has 3 aromatic carbocycles. The Morgan fingerprint density at radius 2 is 0.825 bits per heavy atom. The third kappa shape index (κ3) is 13.3. The standard InChI is InChI=1S/C34H20N2O2S5.C13H8BrNO2S2.C9H7S2.3CH3.O2S.Sn/c37-43(38,24-9-5-2-6-10-24)34-18-23-17-31(42-33(23)20-36-34)29-14-12-27(40-29)26-11-13-28(39-26)30-16-22-15-25(35-19-32(22)41-30)21-7-3-1-4-8-21;14-12-6-9-7-13(15-8-11(9)18-12)19(16,17)10-4-2-1-3-5-10;1-7-4-5-9(11-7)8-3-2-6-10-8;;;;1-3-2;/h1-20H;1-8H;2-5H,1H3;3*1H3;;. The fourth-order valence-corrected chi connectivity index (χ4v) is 23.7. The van der Waals surface area contributed by atoms with Crippen molar-refractivity contribution >= 4 is 178 Å². The van der Waals surface area contributed by atoms with E-state index in [0.717, 1.165) is 45.0 Å². The smallest absolute Gasteiger partial charge is 0.255 e. The van der Waals surface area contributed by atoms with Crippen LogP contribution in [0.15, 0.2) is 218 Å². The molecule has 402 valence electrons. The first-order valence-corrected chi connectivity index (χ1v) is 44.4. The summed E-state index contributed by atoms with van der Waals surface area (Å²) in [5.74, 6) is 0. The molecular formula is C59H44BrN3O6S10Sn. The zero-order chi connectivity index (χ0) is 56.2. The number of sulfone groups is 2. The summed E-state index contributed by atoms with van der Waals surface area (Å²) in [5, 5.41) is 3.12. The number of fused-ring (bicyclic) bond motifs is 3. The fraction of sp³-hybridized carbons (Fsp3) is 0.0678. The Hall–Kier alpha value is -5.21. The number of benzene rings is 3. The molecule has 9 nitrogen and oxygen atoms in total. The Bertz CT molecular complexity index is 4570. The molecule has 0 amide bonds. The first-order valence-electron chi connectivity index (χ1n) is 24.3. The SMILES string of the molecule is Cc1ccc(-c2cc[c]([Sn]([CH3])([CH3])[CH3])s2)s1.O=S(=O)(c1ccccc1)c1cc2cc(-c3ccc(-c4ccc(-c5cc6cc(-c7ccccc7)ncc6s5)s4)s3)sc2cn1.O=S(=O)(c1ccccc1)c1cc2cc(Br)sc2cn1.O=S=O. The van der Waals surface area contributed by atoms with Gasteiger partial charge >= 0.3 is 116 Å². The van der Waals surface area contributed by atoms with E-state index in [9.17, 15) is 16.8 Å². The monoisotopic (exact) mass is 1410 g/mol. The molecule has 0 unspecified atom stereocenters. The molecule has 0 bridgehead atoms. The summed E-state index contributed by atoms with van der Waals surface area (Å²) in [5.41, 5.74) is 2.11. The van der Waals surface area contributed by atoms with Gasteiger partial charge in [0.15, 0.2) is 10.1 Å². The van der Waals surface area contributed by atoms with E-state index in [0.29, 0.717) is 0 Å². The van der Waals surface area contributed by atoms with E-state index in [4.69, 9.17) is 13.4 Å². The molecule has 0 aliphatic heterocycles. The summed E-state index contributed by atoms with van der Waals surface area (Å²) in [7, 11) is -7.21. The molecule has 0 N–H and O–H groups in total. The van der Waals surface area contributed by atoms with Gasteiger partial charge in [-0.05, 0) is 117 Å². The van der Waals surface area contributed by atoms with Crippen LogP contribution in [-0.2, 0) is 31.2 Å². The second-order valence-electron chi connectivity index (χ2n) is 18.7. The second-order valence-corrected chi connectivity index (χ2v) is 47.2. The molecule has 0 fully saturated rings. The summed E-state index contributed by atoms with van der Waals surface area (Å²) < 4.78 is 73.3. The van der Waals surface area contributed by atoms with Gasteiger partial charge in [0.25, 0.3) is 0 Å². The number of pyridine rings is 3. The van der Waals surface area contributed by atoms with Crippen molar-refractivity contribution in [2.24, 2.45) is 0 Å². The van der Waals surface area contributed by atoms with E-state index in [1.165, 1.54) is 55.6 Å². The number of nitrogens with zero attached hydrogens (tertiary/aromatic N) is 3. The van der Waals surface area contributed by atoms with Crippen molar-refractivity contribution < 1.29 is 25.3 Å². The molecule has 0 aliphatic rings. The van der Waals surface area contributed by atoms with E-state index >= 15 is 0 Å². The summed E-state index contributed by atoms with van der Waals surface area (Å²) in [6, 6.07) is 56.6. The summed E-state index contributed by atoms with van der Waals surface area (Å²) >= 11 is 13.2. The van der Waals surface area contributed by atoms with Gasteiger partial charge in [-0.25, -0.2) is 26.8 Å². The van der Waals surface area contributed by atoms with Gasteiger partial charge < -0.3 is 0 Å². The Morgan fingerprint density at radius 1 is 0.425 bits per heavy atom. The van der Waals surface area contributed by atoms with Crippen molar-refractivity contribution in [3.63, 3.8) is 0 Å². The van der Waals surface area contributed by atoms with Crippen LogP contribution in [0.3, 0.4) is 0 Å². The van der Waals surface area contributed by atoms with E-state index in [1.807, 2.05) is 53.1 Å². The molecule has 13 aromatic rings. The van der Waals surface area contributed by atoms with Gasteiger partial charge in [0.1, 0.15) is 0 Å². The minimum absolute atomic E-state index is 0.0712. The van der Waals surface area contributed by atoms with Gasteiger partial charge in [0.05, 0.1) is 33.4 Å². The van der Waals surface area contributed by atoms with Gasteiger partial charge in [-0.1, -0.05) is 66.7 Å². The number of aromatic nitrogens is 3. The fourth-order valence-electron chi connectivity index (χ4n) is 8.15. The number of halogens is 1. The van der Waals surface area contributed by atoms with Crippen molar-refractivity contribution in [1.82, 2.24) is 15.0 Å². The summed E-state index contributed by atoms with van der Waals surface area (Å²) in [4.78, 5) is 32.5. The molecule has 10 heterocycles. The van der Waals surface area contributed by atoms with Gasteiger partial charge in [-0.2, -0.15) is 8.42 Å². The van der Waals surface area contributed by atoms with Crippen molar-refractivity contribution in [1.29, 1.82) is 0 Å². The number of hydrogen-bond donors (Lipinski definition) is 0. The number of thiophene rings is 7. The van der Waals surface area contributed by atoms with Crippen LogP contribution >= 0.6 is 95.3 Å². The molecule has 0 spiro atoms. The van der Waals surface area contributed by atoms with Crippen LogP contribution in [0.5, 0.6) is 0 Å². The van der Waals surface area contributed by atoms with Crippen molar-refractivity contribution in [2.75, 3.05) is 0 Å². The van der Waals surface area contributed by atoms with Crippen LogP contribution in [0, 0.1) is 6.92 Å². The van der Waals surface area contributed by atoms with Gasteiger partial charge in [0, 0.05) is 53.4 Å². The van der Waals surface area contributed by atoms with Crippen molar-refractivity contribution in [3.05, 3.63) is 203 Å². The zero-order valence-electron chi connectivity index (χ0n) is 42.7. The zero-order valence-corrected chi connectivity index (χ0v) is 55.3. The predicted molar refractivity (Wildman–Crippen MR) is 346 cm³/mol. The number of aryl methyl sites for hydroxylation is 1. The summed E-state index contributed by atoms with van der Waals surface area (Å²) in [6.45, 7) is 2.17. The molecular weight excluding hydrogens is 1370 g/mol. The second kappa shape index (κ2) is 25.1. The van der Waals surface area contributed by atoms with Crippen LogP contribution in [0.4, 0.5) is 0 Å². The molecule has 10 aromatic heterocycles. The van der Waals surface area contributed by atoms with Crippen molar-refractivity contribution in [2.45, 2.75) is 41.6 Å².